The zero-order valence-electron chi connectivity index (χ0n) is 14.9. The zero-order chi connectivity index (χ0) is 17.3. The van der Waals surface area contributed by atoms with Gasteiger partial charge in [0, 0.05) is 24.1 Å². The fourth-order valence-corrected chi connectivity index (χ4v) is 3.95. The first-order valence-corrected chi connectivity index (χ1v) is 8.98. The van der Waals surface area contributed by atoms with Crippen molar-refractivity contribution in [2.75, 3.05) is 6.54 Å². The van der Waals surface area contributed by atoms with Crippen LogP contribution in [0.4, 0.5) is 4.79 Å². The summed E-state index contributed by atoms with van der Waals surface area (Å²) in [5.74, 6) is 0.0900. The Balaban J connectivity index is 1.82. The van der Waals surface area contributed by atoms with Crippen molar-refractivity contribution in [2.24, 2.45) is 5.92 Å². The highest BCUT2D eigenvalue weighted by Crippen LogP contribution is 2.34. The van der Waals surface area contributed by atoms with Crippen LogP contribution in [0.25, 0.3) is 0 Å². The Morgan fingerprint density at radius 2 is 1.92 bits per heavy atom. The van der Waals surface area contributed by atoms with Crippen molar-refractivity contribution in [3.05, 3.63) is 35.4 Å². The summed E-state index contributed by atoms with van der Waals surface area (Å²) in [7, 11) is 0. The molecule has 130 valence electrons. The van der Waals surface area contributed by atoms with Crippen LogP contribution in [0, 0.1) is 5.92 Å². The second kappa shape index (κ2) is 6.58. The fraction of sp³-hybridized carbons (Fsp3) is 0.600. The number of ether oxygens (including phenoxy) is 1. The Labute approximate surface area is 144 Å². The van der Waals surface area contributed by atoms with Gasteiger partial charge in [0.1, 0.15) is 5.60 Å². The van der Waals surface area contributed by atoms with Crippen LogP contribution in [-0.4, -0.2) is 35.0 Å². The summed E-state index contributed by atoms with van der Waals surface area (Å²) < 4.78 is 5.55. The molecule has 24 heavy (non-hydrogen) atoms. The lowest BCUT2D eigenvalue weighted by Crippen LogP contribution is -2.45. The van der Waals surface area contributed by atoms with E-state index in [4.69, 9.17) is 4.74 Å². The van der Waals surface area contributed by atoms with E-state index in [0.29, 0.717) is 6.54 Å². The second-order valence-electron chi connectivity index (χ2n) is 7.90. The molecule has 1 fully saturated rings. The molecule has 1 aromatic carbocycles. The van der Waals surface area contributed by atoms with E-state index in [2.05, 4.69) is 6.07 Å². The van der Waals surface area contributed by atoms with Gasteiger partial charge in [0.15, 0.2) is 5.78 Å². The third-order valence-electron chi connectivity index (χ3n) is 4.97. The van der Waals surface area contributed by atoms with Gasteiger partial charge < -0.3 is 9.64 Å². The number of carbonyl (C=O) groups is 2. The number of amides is 1. The molecular formula is C20H27NO3. The summed E-state index contributed by atoms with van der Waals surface area (Å²) in [6, 6.07) is 7.88. The minimum Gasteiger partial charge on any atom is -0.444 e. The number of benzene rings is 1. The highest BCUT2D eigenvalue weighted by molar-refractivity contribution is 6.00. The topological polar surface area (TPSA) is 46.6 Å². The molecule has 3 rings (SSSR count). The molecule has 4 nitrogen and oxygen atoms in total. The lowest BCUT2D eigenvalue weighted by atomic mass is 9.87. The molecule has 0 aromatic heterocycles. The number of Topliss-reactive ketones (excluding diaryl/α,β-unsaturated/α-hetero) is 1. The summed E-state index contributed by atoms with van der Waals surface area (Å²) in [6.07, 6.45) is 4.32. The highest BCUT2D eigenvalue weighted by atomic mass is 16.6. The molecule has 0 radical (unpaired) electrons. The van der Waals surface area contributed by atoms with Gasteiger partial charge in [0.25, 0.3) is 0 Å². The maximum Gasteiger partial charge on any atom is 0.410 e. The molecule has 1 heterocycles. The number of nitrogens with zero attached hydrogens (tertiary/aromatic N) is 1. The van der Waals surface area contributed by atoms with Crippen molar-refractivity contribution in [1.82, 2.24) is 4.90 Å². The van der Waals surface area contributed by atoms with E-state index in [1.165, 1.54) is 0 Å². The summed E-state index contributed by atoms with van der Waals surface area (Å²) in [6.45, 7) is 6.32. The van der Waals surface area contributed by atoms with Crippen LogP contribution in [0.2, 0.25) is 0 Å². The van der Waals surface area contributed by atoms with Gasteiger partial charge >= 0.3 is 6.09 Å². The minimum absolute atomic E-state index is 0.0292. The average Bonchev–Trinajstić information content (AvgIpc) is 2.93. The molecule has 1 amide bonds. The van der Waals surface area contributed by atoms with Crippen LogP contribution in [0.5, 0.6) is 0 Å². The van der Waals surface area contributed by atoms with Crippen molar-refractivity contribution in [3.8, 4) is 0 Å². The van der Waals surface area contributed by atoms with Gasteiger partial charge in [-0.2, -0.15) is 0 Å². The Morgan fingerprint density at radius 1 is 1.17 bits per heavy atom. The predicted molar refractivity (Wildman–Crippen MR) is 93.2 cm³/mol. The maximum absolute atomic E-state index is 13.1. The number of ketones is 1. The first kappa shape index (κ1) is 17.0. The largest absolute Gasteiger partial charge is 0.444 e. The number of aryl methyl sites for hydroxylation is 1. The molecule has 4 heteroatoms. The van der Waals surface area contributed by atoms with Crippen molar-refractivity contribution in [2.45, 2.75) is 64.5 Å². The third kappa shape index (κ3) is 3.47. The number of hydrogen-bond donors (Lipinski definition) is 0. The van der Waals surface area contributed by atoms with E-state index in [0.717, 1.165) is 43.2 Å². The number of likely N-dealkylation sites (tertiary alicyclic amines) is 1. The van der Waals surface area contributed by atoms with Gasteiger partial charge in [-0.15, -0.1) is 0 Å². The standard InChI is InChI=1S/C20H27NO3/c1-20(2,3)24-19(23)21-13-7-12-17(21)16-11-6-9-14-8-4-5-10-15(14)18(16)22/h4-5,8,10,16-17H,6-7,9,11-13H2,1-3H3. The molecule has 1 aliphatic carbocycles. The van der Waals surface area contributed by atoms with E-state index in [9.17, 15) is 9.59 Å². The number of rotatable bonds is 1. The number of fused-ring (bicyclic) bond motifs is 1. The van der Waals surface area contributed by atoms with Crippen molar-refractivity contribution in [3.63, 3.8) is 0 Å². The lowest BCUT2D eigenvalue weighted by molar-refractivity contribution is 0.0177. The van der Waals surface area contributed by atoms with Crippen molar-refractivity contribution >= 4 is 11.9 Å². The summed E-state index contributed by atoms with van der Waals surface area (Å²) in [5.41, 5.74) is 1.48. The lowest BCUT2D eigenvalue weighted by Gasteiger charge is -2.32. The van der Waals surface area contributed by atoms with Crippen molar-refractivity contribution in [1.29, 1.82) is 0 Å². The highest BCUT2D eigenvalue weighted by Gasteiger charge is 2.41. The van der Waals surface area contributed by atoms with E-state index in [1.54, 1.807) is 4.90 Å². The first-order valence-electron chi connectivity index (χ1n) is 8.98. The molecule has 0 N–H and O–H groups in total. The average molecular weight is 329 g/mol. The van der Waals surface area contributed by atoms with Crippen molar-refractivity contribution < 1.29 is 14.3 Å². The van der Waals surface area contributed by atoms with Gasteiger partial charge in [-0.3, -0.25) is 4.79 Å². The Morgan fingerprint density at radius 3 is 2.67 bits per heavy atom. The molecule has 2 aliphatic rings. The molecule has 0 spiro atoms. The molecule has 1 aromatic rings. The second-order valence-corrected chi connectivity index (χ2v) is 7.90. The van der Waals surface area contributed by atoms with Crippen LogP contribution in [0.1, 0.15) is 62.4 Å². The van der Waals surface area contributed by atoms with Crippen LogP contribution in [0.3, 0.4) is 0 Å². The minimum atomic E-state index is -0.510. The Hall–Kier alpha value is -1.84. The molecular weight excluding hydrogens is 302 g/mol. The van der Waals surface area contributed by atoms with E-state index < -0.39 is 5.60 Å². The van der Waals surface area contributed by atoms with Gasteiger partial charge in [0.2, 0.25) is 0 Å². The Kier molecular flexibility index (Phi) is 4.66. The fourth-order valence-electron chi connectivity index (χ4n) is 3.95. The van der Waals surface area contributed by atoms with Crippen LogP contribution >= 0.6 is 0 Å². The van der Waals surface area contributed by atoms with Crippen LogP contribution in [0.15, 0.2) is 24.3 Å². The summed E-state index contributed by atoms with van der Waals surface area (Å²) >= 11 is 0. The van der Waals surface area contributed by atoms with Crippen LogP contribution < -0.4 is 0 Å². The molecule has 2 atom stereocenters. The zero-order valence-corrected chi connectivity index (χ0v) is 14.9. The van der Waals surface area contributed by atoms with Gasteiger partial charge in [-0.1, -0.05) is 24.3 Å². The predicted octanol–water partition coefficient (Wildman–Crippen LogP) is 4.22. The van der Waals surface area contributed by atoms with Gasteiger partial charge in [-0.25, -0.2) is 4.79 Å². The quantitative estimate of drug-likeness (QED) is 0.725. The van der Waals surface area contributed by atoms with Gasteiger partial charge in [0.05, 0.1) is 0 Å². The number of hydrogen-bond acceptors (Lipinski definition) is 3. The summed E-state index contributed by atoms with van der Waals surface area (Å²) in [5, 5.41) is 0. The molecule has 0 bridgehead atoms. The monoisotopic (exact) mass is 329 g/mol. The molecule has 0 saturated carbocycles. The number of carbonyl (C=O) groups excluding carboxylic acids is 2. The van der Waals surface area contributed by atoms with E-state index >= 15 is 0 Å². The molecule has 1 aliphatic heterocycles. The SMILES string of the molecule is CC(C)(C)OC(=O)N1CCCC1C1CCCc2ccccc2C1=O. The van der Waals surface area contributed by atoms with Gasteiger partial charge in [-0.05, 0) is 58.4 Å². The van der Waals surface area contributed by atoms with E-state index in [-0.39, 0.29) is 23.8 Å². The van der Waals surface area contributed by atoms with E-state index in [1.807, 2.05) is 39.0 Å². The third-order valence-corrected chi connectivity index (χ3v) is 4.97. The normalized spacial score (nSPS) is 24.5. The molecule has 1 saturated heterocycles. The Bertz CT molecular complexity index is 632. The van der Waals surface area contributed by atoms with Crippen LogP contribution in [-0.2, 0) is 11.2 Å². The summed E-state index contributed by atoms with van der Waals surface area (Å²) in [4.78, 5) is 27.4. The smallest absolute Gasteiger partial charge is 0.410 e. The molecule has 2 unspecified atom stereocenters. The maximum atomic E-state index is 13.1. The first-order chi connectivity index (χ1) is 11.4.